The topological polar surface area (TPSA) is 46.6 Å². The van der Waals surface area contributed by atoms with Crippen molar-refractivity contribution in [3.05, 3.63) is 88.7 Å². The number of halogens is 1. The molecule has 5 heteroatoms. The van der Waals surface area contributed by atoms with Crippen molar-refractivity contribution in [3.8, 4) is 11.3 Å². The van der Waals surface area contributed by atoms with Crippen LogP contribution in [-0.2, 0) is 13.1 Å². The van der Waals surface area contributed by atoms with Crippen molar-refractivity contribution in [3.63, 3.8) is 0 Å². The van der Waals surface area contributed by atoms with Crippen LogP contribution >= 0.6 is 11.6 Å². The third-order valence-corrected chi connectivity index (χ3v) is 5.67. The Labute approximate surface area is 176 Å². The molecule has 0 atom stereocenters. The van der Waals surface area contributed by atoms with Gasteiger partial charge in [-0.05, 0) is 48.9 Å². The molecule has 4 nitrogen and oxygen atoms in total. The zero-order valence-electron chi connectivity index (χ0n) is 16.8. The summed E-state index contributed by atoms with van der Waals surface area (Å²) in [6.45, 7) is 6.79. The van der Waals surface area contributed by atoms with Crippen LogP contribution in [0.2, 0.25) is 5.02 Å². The number of hydrogen-bond donors (Lipinski definition) is 1. The molecular formula is C24H25ClN4. The van der Waals surface area contributed by atoms with Crippen LogP contribution in [0.25, 0.3) is 16.9 Å². The van der Waals surface area contributed by atoms with E-state index in [-0.39, 0.29) is 0 Å². The first-order valence-electron chi connectivity index (χ1n) is 9.84. The average molecular weight is 405 g/mol. The van der Waals surface area contributed by atoms with E-state index >= 15 is 0 Å². The molecular weight excluding hydrogens is 380 g/mol. The van der Waals surface area contributed by atoms with Gasteiger partial charge in [-0.15, -0.1) is 0 Å². The first-order chi connectivity index (χ1) is 14.0. The van der Waals surface area contributed by atoms with Crippen molar-refractivity contribution >= 4 is 22.9 Å². The van der Waals surface area contributed by atoms with E-state index in [1.807, 2.05) is 43.5 Å². The Morgan fingerprint density at radius 1 is 1.03 bits per heavy atom. The fourth-order valence-electron chi connectivity index (χ4n) is 3.62. The molecule has 0 radical (unpaired) electrons. The van der Waals surface area contributed by atoms with Crippen molar-refractivity contribution in [1.82, 2.24) is 14.3 Å². The molecule has 0 amide bonds. The number of hydrogen-bond acceptors (Lipinski definition) is 3. The second kappa shape index (κ2) is 8.27. The van der Waals surface area contributed by atoms with Crippen LogP contribution in [-0.4, -0.2) is 20.8 Å². The van der Waals surface area contributed by atoms with Crippen molar-refractivity contribution in [1.29, 1.82) is 0 Å². The number of benzene rings is 2. The van der Waals surface area contributed by atoms with E-state index in [1.54, 1.807) is 0 Å². The predicted molar refractivity (Wildman–Crippen MR) is 121 cm³/mol. The van der Waals surface area contributed by atoms with E-state index in [0.29, 0.717) is 0 Å². The first kappa shape index (κ1) is 19.5. The van der Waals surface area contributed by atoms with Gasteiger partial charge in [0.15, 0.2) is 0 Å². The third-order valence-electron chi connectivity index (χ3n) is 5.24. The van der Waals surface area contributed by atoms with Gasteiger partial charge in [0.2, 0.25) is 0 Å². The highest BCUT2D eigenvalue weighted by Crippen LogP contribution is 2.29. The number of imidazole rings is 1. The minimum atomic E-state index is 0.723. The van der Waals surface area contributed by atoms with Gasteiger partial charge in [0.25, 0.3) is 0 Å². The first-order valence-corrected chi connectivity index (χ1v) is 10.2. The van der Waals surface area contributed by atoms with Gasteiger partial charge in [0.1, 0.15) is 5.65 Å². The van der Waals surface area contributed by atoms with Crippen LogP contribution in [0.1, 0.15) is 23.7 Å². The molecule has 4 rings (SSSR count). The number of rotatable bonds is 6. The molecule has 0 aliphatic heterocycles. The fraction of sp³-hybridized carbons (Fsp3) is 0.208. The minimum Gasteiger partial charge on any atom is -0.398 e. The third kappa shape index (κ3) is 4.14. The Morgan fingerprint density at radius 3 is 2.55 bits per heavy atom. The second-order valence-electron chi connectivity index (χ2n) is 7.35. The summed E-state index contributed by atoms with van der Waals surface area (Å²) in [4.78, 5) is 7.34. The predicted octanol–water partition coefficient (Wildman–Crippen LogP) is 5.57. The van der Waals surface area contributed by atoms with Gasteiger partial charge >= 0.3 is 0 Å². The maximum Gasteiger partial charge on any atom is 0.137 e. The van der Waals surface area contributed by atoms with Crippen LogP contribution < -0.4 is 5.73 Å². The molecule has 0 aliphatic carbocycles. The molecule has 29 heavy (non-hydrogen) atoms. The summed E-state index contributed by atoms with van der Waals surface area (Å²) in [6.07, 6.45) is 1.96. The summed E-state index contributed by atoms with van der Waals surface area (Å²) < 4.78 is 2.11. The van der Waals surface area contributed by atoms with Crippen molar-refractivity contribution in [2.45, 2.75) is 26.9 Å². The van der Waals surface area contributed by atoms with E-state index in [4.69, 9.17) is 22.3 Å². The molecule has 148 valence electrons. The van der Waals surface area contributed by atoms with E-state index in [1.165, 1.54) is 5.56 Å². The lowest BCUT2D eigenvalue weighted by molar-refractivity contribution is 0.268. The van der Waals surface area contributed by atoms with E-state index < -0.39 is 0 Å². The molecule has 0 saturated heterocycles. The summed E-state index contributed by atoms with van der Waals surface area (Å²) in [5, 5.41) is 0.766. The van der Waals surface area contributed by atoms with E-state index in [2.05, 4.69) is 46.6 Å². The monoisotopic (exact) mass is 404 g/mol. The zero-order chi connectivity index (χ0) is 20.4. The average Bonchev–Trinajstić information content (AvgIpc) is 3.08. The number of nitrogens with two attached hydrogens (primary N) is 1. The number of nitrogen functional groups attached to an aromatic ring is 1. The number of anilines is 1. The molecule has 2 N–H and O–H groups in total. The lowest BCUT2D eigenvalue weighted by atomic mass is 10.1. The van der Waals surface area contributed by atoms with Gasteiger partial charge in [0, 0.05) is 35.6 Å². The number of nitrogens with zero attached hydrogens (tertiary/aromatic N) is 3. The molecule has 2 heterocycles. The Kier molecular flexibility index (Phi) is 5.56. The van der Waals surface area contributed by atoms with Crippen molar-refractivity contribution in [2.75, 3.05) is 12.3 Å². The maximum absolute atomic E-state index is 6.25. The molecule has 0 fully saturated rings. The lowest BCUT2D eigenvalue weighted by Gasteiger charge is -2.21. The lowest BCUT2D eigenvalue weighted by Crippen LogP contribution is -2.23. The molecule has 2 aromatic heterocycles. The van der Waals surface area contributed by atoms with Crippen LogP contribution in [0.4, 0.5) is 5.69 Å². The highest BCUT2D eigenvalue weighted by Gasteiger charge is 2.17. The van der Waals surface area contributed by atoms with Gasteiger partial charge in [-0.2, -0.15) is 0 Å². The number of fused-ring (bicyclic) bond motifs is 1. The summed E-state index contributed by atoms with van der Waals surface area (Å²) in [5.74, 6) is 0. The largest absolute Gasteiger partial charge is 0.398 e. The van der Waals surface area contributed by atoms with E-state index in [9.17, 15) is 0 Å². The highest BCUT2D eigenvalue weighted by atomic mass is 35.5. The standard InChI is InChI=1S/C24H25ClN4/c1-3-28(14-18-7-5-4-6-8-18)16-22-24(19-9-11-21(25)17(2)13-19)27-23-12-10-20(26)15-29(22)23/h4-13,15H,3,14,16,26H2,1-2H3. The number of aryl methyl sites for hydroxylation is 1. The zero-order valence-corrected chi connectivity index (χ0v) is 17.5. The molecule has 0 spiro atoms. The Bertz CT molecular complexity index is 1130. The summed E-state index contributed by atoms with van der Waals surface area (Å²) >= 11 is 6.25. The summed E-state index contributed by atoms with van der Waals surface area (Å²) in [7, 11) is 0. The Balaban J connectivity index is 1.78. The molecule has 4 aromatic rings. The number of pyridine rings is 1. The minimum absolute atomic E-state index is 0.723. The van der Waals surface area contributed by atoms with Gasteiger partial charge in [-0.25, -0.2) is 4.98 Å². The molecule has 0 saturated carbocycles. The fourth-order valence-corrected chi connectivity index (χ4v) is 3.73. The summed E-state index contributed by atoms with van der Waals surface area (Å²) in [6, 6.07) is 20.5. The Morgan fingerprint density at radius 2 is 1.83 bits per heavy atom. The smallest absolute Gasteiger partial charge is 0.137 e. The molecule has 0 bridgehead atoms. The van der Waals surface area contributed by atoms with Crippen LogP contribution in [0.3, 0.4) is 0 Å². The molecule has 2 aromatic carbocycles. The SMILES string of the molecule is CCN(Cc1ccccc1)Cc1c(-c2ccc(Cl)c(C)c2)nc2ccc(N)cn12. The quantitative estimate of drug-likeness (QED) is 0.457. The van der Waals surface area contributed by atoms with Crippen LogP contribution in [0, 0.1) is 6.92 Å². The molecule has 0 aliphatic rings. The molecule has 0 unspecified atom stereocenters. The number of aromatic nitrogens is 2. The van der Waals surface area contributed by atoms with Gasteiger partial charge in [-0.3, -0.25) is 4.90 Å². The normalized spacial score (nSPS) is 11.4. The van der Waals surface area contributed by atoms with E-state index in [0.717, 1.165) is 58.5 Å². The van der Waals surface area contributed by atoms with Crippen molar-refractivity contribution < 1.29 is 0 Å². The van der Waals surface area contributed by atoms with Crippen LogP contribution in [0.5, 0.6) is 0 Å². The van der Waals surface area contributed by atoms with Gasteiger partial charge in [-0.1, -0.05) is 54.9 Å². The maximum atomic E-state index is 6.25. The highest BCUT2D eigenvalue weighted by molar-refractivity contribution is 6.31. The van der Waals surface area contributed by atoms with Gasteiger partial charge in [0.05, 0.1) is 11.4 Å². The Hall–Kier alpha value is -2.82. The van der Waals surface area contributed by atoms with Crippen molar-refractivity contribution in [2.24, 2.45) is 0 Å². The van der Waals surface area contributed by atoms with Crippen LogP contribution in [0.15, 0.2) is 66.9 Å². The second-order valence-corrected chi connectivity index (χ2v) is 7.76. The van der Waals surface area contributed by atoms with Gasteiger partial charge < -0.3 is 10.1 Å². The summed E-state index contributed by atoms with van der Waals surface area (Å²) in [5.41, 5.74) is 13.2.